The van der Waals surface area contributed by atoms with Gasteiger partial charge in [0.15, 0.2) is 5.11 Å². The second-order valence-electron chi connectivity index (χ2n) is 6.01. The van der Waals surface area contributed by atoms with Crippen molar-refractivity contribution in [2.24, 2.45) is 0 Å². The second kappa shape index (κ2) is 7.42. The van der Waals surface area contributed by atoms with E-state index in [9.17, 15) is 0 Å². The summed E-state index contributed by atoms with van der Waals surface area (Å²) >= 11 is 5.36. The van der Waals surface area contributed by atoms with Crippen LogP contribution < -0.4 is 16.0 Å². The summed E-state index contributed by atoms with van der Waals surface area (Å²) in [5.41, 5.74) is 3.16. The second-order valence-corrected chi connectivity index (χ2v) is 6.41. The Kier molecular flexibility index (Phi) is 5.08. The molecular formula is C18H22N4S. The minimum atomic E-state index is 0.519. The normalized spacial score (nSPS) is 14.5. The highest BCUT2D eigenvalue weighted by atomic mass is 32.1. The Balaban J connectivity index is 1.55. The lowest BCUT2D eigenvalue weighted by Gasteiger charge is -2.15. The van der Waals surface area contributed by atoms with Gasteiger partial charge >= 0.3 is 0 Å². The summed E-state index contributed by atoms with van der Waals surface area (Å²) in [6.07, 6.45) is 6.79. The molecule has 2 aromatic rings. The van der Waals surface area contributed by atoms with Gasteiger partial charge in [-0.25, -0.2) is 4.98 Å². The Morgan fingerprint density at radius 2 is 1.96 bits per heavy atom. The Morgan fingerprint density at radius 3 is 2.65 bits per heavy atom. The number of nitrogens with one attached hydrogen (secondary N) is 3. The zero-order valence-corrected chi connectivity index (χ0v) is 14.1. The maximum atomic E-state index is 5.36. The lowest BCUT2D eigenvalue weighted by atomic mass is 10.2. The third-order valence-electron chi connectivity index (χ3n) is 4.00. The lowest BCUT2D eigenvalue weighted by Crippen LogP contribution is -2.35. The van der Waals surface area contributed by atoms with E-state index in [0.29, 0.717) is 11.2 Å². The zero-order chi connectivity index (χ0) is 16.1. The van der Waals surface area contributed by atoms with Gasteiger partial charge in [-0.3, -0.25) is 0 Å². The quantitative estimate of drug-likeness (QED) is 0.729. The number of aryl methyl sites for hydroxylation is 1. The van der Waals surface area contributed by atoms with Crippen LogP contribution in [-0.2, 0) is 0 Å². The van der Waals surface area contributed by atoms with Gasteiger partial charge < -0.3 is 16.0 Å². The van der Waals surface area contributed by atoms with E-state index in [4.69, 9.17) is 12.2 Å². The van der Waals surface area contributed by atoms with Gasteiger partial charge in [-0.15, -0.1) is 0 Å². The number of aromatic nitrogens is 1. The molecule has 1 fully saturated rings. The van der Waals surface area contributed by atoms with Crippen molar-refractivity contribution in [2.45, 2.75) is 38.6 Å². The van der Waals surface area contributed by atoms with Gasteiger partial charge in [0.1, 0.15) is 5.82 Å². The van der Waals surface area contributed by atoms with Crippen LogP contribution in [0.25, 0.3) is 0 Å². The Labute approximate surface area is 142 Å². The number of anilines is 3. The molecule has 4 nitrogen and oxygen atoms in total. The zero-order valence-electron chi connectivity index (χ0n) is 13.3. The van der Waals surface area contributed by atoms with Crippen LogP contribution in [0.4, 0.5) is 17.2 Å². The van der Waals surface area contributed by atoms with Crippen molar-refractivity contribution in [2.75, 3.05) is 10.6 Å². The molecule has 0 bridgehead atoms. The standard InChI is InChI=1S/C18H22N4S/c1-13-5-4-8-15(11-13)20-17-10-9-16(12-19-17)22-18(23)21-14-6-2-3-7-14/h4-5,8-12,14H,2-3,6-7H2,1H3,(H,19,20)(H2,21,22,23). The van der Waals surface area contributed by atoms with Crippen molar-refractivity contribution in [3.8, 4) is 0 Å². The molecule has 120 valence electrons. The van der Waals surface area contributed by atoms with E-state index >= 15 is 0 Å². The summed E-state index contributed by atoms with van der Waals surface area (Å²) in [4.78, 5) is 4.43. The van der Waals surface area contributed by atoms with Gasteiger partial charge in [0.25, 0.3) is 0 Å². The van der Waals surface area contributed by atoms with E-state index < -0.39 is 0 Å². The third-order valence-corrected chi connectivity index (χ3v) is 4.22. The molecular weight excluding hydrogens is 304 g/mol. The van der Waals surface area contributed by atoms with Crippen LogP contribution in [0.2, 0.25) is 0 Å². The Bertz CT molecular complexity index is 663. The molecule has 1 saturated carbocycles. The summed E-state index contributed by atoms with van der Waals surface area (Å²) in [5, 5.41) is 10.5. The average molecular weight is 326 g/mol. The number of nitrogens with zero attached hydrogens (tertiary/aromatic N) is 1. The van der Waals surface area contributed by atoms with E-state index in [1.54, 1.807) is 6.20 Å². The first-order valence-corrected chi connectivity index (χ1v) is 8.47. The van der Waals surface area contributed by atoms with Crippen molar-refractivity contribution in [3.05, 3.63) is 48.2 Å². The predicted molar refractivity (Wildman–Crippen MR) is 100 cm³/mol. The van der Waals surface area contributed by atoms with E-state index in [1.807, 2.05) is 24.3 Å². The largest absolute Gasteiger partial charge is 0.360 e. The minimum absolute atomic E-state index is 0.519. The monoisotopic (exact) mass is 326 g/mol. The average Bonchev–Trinajstić information content (AvgIpc) is 3.02. The highest BCUT2D eigenvalue weighted by molar-refractivity contribution is 7.80. The maximum absolute atomic E-state index is 5.36. The lowest BCUT2D eigenvalue weighted by molar-refractivity contribution is 0.634. The highest BCUT2D eigenvalue weighted by Gasteiger charge is 2.15. The topological polar surface area (TPSA) is 49.0 Å². The number of hydrogen-bond acceptors (Lipinski definition) is 3. The number of pyridine rings is 1. The first-order valence-electron chi connectivity index (χ1n) is 8.06. The van der Waals surface area contributed by atoms with Crippen LogP contribution in [0.3, 0.4) is 0 Å². The van der Waals surface area contributed by atoms with Crippen LogP contribution in [-0.4, -0.2) is 16.1 Å². The number of thiocarbonyl (C=S) groups is 1. The molecule has 1 heterocycles. The van der Waals surface area contributed by atoms with Crippen LogP contribution >= 0.6 is 12.2 Å². The highest BCUT2D eigenvalue weighted by Crippen LogP contribution is 2.19. The smallest absolute Gasteiger partial charge is 0.171 e. The summed E-state index contributed by atoms with van der Waals surface area (Å²) < 4.78 is 0. The molecule has 1 aliphatic carbocycles. The molecule has 0 saturated heterocycles. The van der Waals surface area contributed by atoms with Crippen LogP contribution in [0, 0.1) is 6.92 Å². The third kappa shape index (κ3) is 4.66. The number of benzene rings is 1. The van der Waals surface area contributed by atoms with Gasteiger partial charge in [-0.1, -0.05) is 25.0 Å². The van der Waals surface area contributed by atoms with Gasteiger partial charge in [0.2, 0.25) is 0 Å². The van der Waals surface area contributed by atoms with Crippen LogP contribution in [0.1, 0.15) is 31.2 Å². The van der Waals surface area contributed by atoms with E-state index in [0.717, 1.165) is 17.2 Å². The SMILES string of the molecule is Cc1cccc(Nc2ccc(NC(=S)NC3CCCC3)cn2)c1. The van der Waals surface area contributed by atoms with Crippen LogP contribution in [0.15, 0.2) is 42.6 Å². The predicted octanol–water partition coefficient (Wildman–Crippen LogP) is 4.36. The van der Waals surface area contributed by atoms with Gasteiger partial charge in [0.05, 0.1) is 11.9 Å². The van der Waals surface area contributed by atoms with E-state index in [1.165, 1.54) is 31.2 Å². The van der Waals surface area contributed by atoms with Gasteiger partial charge in [0, 0.05) is 11.7 Å². The van der Waals surface area contributed by atoms with E-state index in [2.05, 4.69) is 40.0 Å². The number of hydrogen-bond donors (Lipinski definition) is 3. The molecule has 1 aromatic heterocycles. The van der Waals surface area contributed by atoms with Crippen molar-refractivity contribution < 1.29 is 0 Å². The molecule has 0 atom stereocenters. The minimum Gasteiger partial charge on any atom is -0.360 e. The Hall–Kier alpha value is -2.14. The molecule has 3 rings (SSSR count). The van der Waals surface area contributed by atoms with Crippen molar-refractivity contribution in [3.63, 3.8) is 0 Å². The van der Waals surface area contributed by atoms with Crippen molar-refractivity contribution in [1.82, 2.24) is 10.3 Å². The molecule has 0 aliphatic heterocycles. The first-order chi connectivity index (χ1) is 11.2. The maximum Gasteiger partial charge on any atom is 0.171 e. The van der Waals surface area contributed by atoms with Crippen molar-refractivity contribution >= 4 is 34.5 Å². The Morgan fingerprint density at radius 1 is 1.13 bits per heavy atom. The summed E-state index contributed by atoms with van der Waals surface area (Å²) in [5.74, 6) is 0.816. The molecule has 0 radical (unpaired) electrons. The van der Waals surface area contributed by atoms with Crippen molar-refractivity contribution in [1.29, 1.82) is 0 Å². The molecule has 0 unspecified atom stereocenters. The van der Waals surface area contributed by atoms with Gasteiger partial charge in [-0.2, -0.15) is 0 Å². The fourth-order valence-electron chi connectivity index (χ4n) is 2.84. The fraction of sp³-hybridized carbons (Fsp3) is 0.333. The molecule has 23 heavy (non-hydrogen) atoms. The molecule has 0 amide bonds. The summed E-state index contributed by atoms with van der Waals surface area (Å²) in [6, 6.07) is 12.7. The molecule has 5 heteroatoms. The molecule has 3 N–H and O–H groups in total. The molecule has 1 aromatic carbocycles. The molecule has 0 spiro atoms. The van der Waals surface area contributed by atoms with E-state index in [-0.39, 0.29) is 0 Å². The first kappa shape index (κ1) is 15.7. The molecule has 1 aliphatic rings. The summed E-state index contributed by atoms with van der Waals surface area (Å²) in [6.45, 7) is 2.07. The number of rotatable bonds is 4. The summed E-state index contributed by atoms with van der Waals surface area (Å²) in [7, 11) is 0. The van der Waals surface area contributed by atoms with Crippen LogP contribution in [0.5, 0.6) is 0 Å². The van der Waals surface area contributed by atoms with Gasteiger partial charge in [-0.05, 0) is 61.8 Å². The fourth-order valence-corrected chi connectivity index (χ4v) is 3.12.